The van der Waals surface area contributed by atoms with E-state index in [1.165, 1.54) is 11.2 Å². The molecule has 0 aliphatic heterocycles. The molecule has 0 radical (unpaired) electrons. The van der Waals surface area contributed by atoms with Crippen molar-refractivity contribution in [3.63, 3.8) is 0 Å². The summed E-state index contributed by atoms with van der Waals surface area (Å²) in [6, 6.07) is 4.18. The summed E-state index contributed by atoms with van der Waals surface area (Å²) in [6.45, 7) is 1.30. The van der Waals surface area contributed by atoms with Gasteiger partial charge in [0, 0.05) is 11.4 Å². The monoisotopic (exact) mass is 289 g/mol. The molecule has 3 rings (SSSR count). The van der Waals surface area contributed by atoms with Gasteiger partial charge in [0.1, 0.15) is 12.1 Å². The highest BCUT2D eigenvalue weighted by molar-refractivity contribution is 7.09. The smallest absolute Gasteiger partial charge is 0.163 e. The first-order chi connectivity index (χ1) is 9.88. The first kappa shape index (κ1) is 13.0. The summed E-state index contributed by atoms with van der Waals surface area (Å²) in [5.41, 5.74) is 0.743. The van der Waals surface area contributed by atoms with Crippen LogP contribution in [0.5, 0.6) is 0 Å². The Hall–Kier alpha value is -1.99. The lowest BCUT2D eigenvalue weighted by Gasteiger charge is -2.05. The number of aliphatic hydroxyl groups is 1. The van der Waals surface area contributed by atoms with Crippen LogP contribution in [0.1, 0.15) is 4.88 Å². The SMILES string of the molecule is OCCn1ncc2c(NCCc3cccs3)ncnc21. The molecule has 0 atom stereocenters. The maximum Gasteiger partial charge on any atom is 0.163 e. The van der Waals surface area contributed by atoms with Gasteiger partial charge in [-0.25, -0.2) is 14.6 Å². The van der Waals surface area contributed by atoms with Crippen molar-refractivity contribution in [1.29, 1.82) is 0 Å². The Morgan fingerprint density at radius 2 is 2.30 bits per heavy atom. The largest absolute Gasteiger partial charge is 0.394 e. The first-order valence-electron chi connectivity index (χ1n) is 6.42. The van der Waals surface area contributed by atoms with E-state index in [1.807, 2.05) is 0 Å². The van der Waals surface area contributed by atoms with Crippen LogP contribution < -0.4 is 5.32 Å². The Morgan fingerprint density at radius 3 is 3.10 bits per heavy atom. The Balaban J connectivity index is 1.74. The van der Waals surface area contributed by atoms with E-state index >= 15 is 0 Å². The number of hydrogen-bond acceptors (Lipinski definition) is 6. The van der Waals surface area contributed by atoms with E-state index in [-0.39, 0.29) is 6.61 Å². The van der Waals surface area contributed by atoms with Crippen LogP contribution in [0.4, 0.5) is 5.82 Å². The number of aliphatic hydroxyl groups excluding tert-OH is 1. The minimum absolute atomic E-state index is 0.0436. The number of thiophene rings is 1. The summed E-state index contributed by atoms with van der Waals surface area (Å²) in [6.07, 6.45) is 4.22. The van der Waals surface area contributed by atoms with Gasteiger partial charge in [-0.1, -0.05) is 6.07 Å². The summed E-state index contributed by atoms with van der Waals surface area (Å²) in [5.74, 6) is 0.788. The van der Waals surface area contributed by atoms with Gasteiger partial charge in [0.15, 0.2) is 5.65 Å². The molecule has 0 fully saturated rings. The predicted octanol–water partition coefficient (Wildman–Crippen LogP) is 1.53. The molecule has 0 amide bonds. The zero-order chi connectivity index (χ0) is 13.8. The third-order valence-electron chi connectivity index (χ3n) is 2.99. The number of nitrogens with zero attached hydrogens (tertiary/aromatic N) is 4. The van der Waals surface area contributed by atoms with Gasteiger partial charge in [0.2, 0.25) is 0 Å². The molecule has 7 heteroatoms. The highest BCUT2D eigenvalue weighted by Crippen LogP contribution is 2.18. The molecule has 0 aliphatic carbocycles. The zero-order valence-corrected chi connectivity index (χ0v) is 11.7. The van der Waals surface area contributed by atoms with Crippen LogP contribution in [0, 0.1) is 0 Å². The maximum atomic E-state index is 9.00. The normalized spacial score (nSPS) is 11.1. The topological polar surface area (TPSA) is 75.9 Å². The molecular formula is C13H15N5OS. The van der Waals surface area contributed by atoms with E-state index in [4.69, 9.17) is 5.11 Å². The van der Waals surface area contributed by atoms with Crippen LogP contribution in [0.2, 0.25) is 0 Å². The van der Waals surface area contributed by atoms with Crippen LogP contribution in [0.3, 0.4) is 0 Å². The number of fused-ring (bicyclic) bond motifs is 1. The van der Waals surface area contributed by atoms with Crippen LogP contribution in [-0.2, 0) is 13.0 Å². The second-order valence-electron chi connectivity index (χ2n) is 4.31. The van der Waals surface area contributed by atoms with Crippen LogP contribution in [0.25, 0.3) is 11.0 Å². The quantitative estimate of drug-likeness (QED) is 0.720. The molecule has 3 heterocycles. The molecule has 3 aromatic heterocycles. The number of rotatable bonds is 6. The van der Waals surface area contributed by atoms with Crippen molar-refractivity contribution in [3.8, 4) is 0 Å². The standard InChI is InChI=1S/C13H15N5OS/c19-6-5-18-13-11(8-17-18)12(15-9-16-13)14-4-3-10-2-1-7-20-10/h1-2,7-9,19H,3-6H2,(H,14,15,16). The summed E-state index contributed by atoms with van der Waals surface area (Å²) in [4.78, 5) is 9.83. The molecule has 0 spiro atoms. The molecular weight excluding hydrogens is 274 g/mol. The molecule has 0 unspecified atom stereocenters. The highest BCUT2D eigenvalue weighted by atomic mass is 32.1. The van der Waals surface area contributed by atoms with Gasteiger partial charge in [0.25, 0.3) is 0 Å². The van der Waals surface area contributed by atoms with Crippen molar-refractivity contribution in [2.24, 2.45) is 0 Å². The van der Waals surface area contributed by atoms with E-state index in [0.29, 0.717) is 6.54 Å². The number of hydrogen-bond donors (Lipinski definition) is 2. The third kappa shape index (κ3) is 2.63. The Labute approximate surface area is 120 Å². The highest BCUT2D eigenvalue weighted by Gasteiger charge is 2.08. The Kier molecular flexibility index (Phi) is 3.89. The molecule has 0 aliphatic rings. The molecule has 20 heavy (non-hydrogen) atoms. The van der Waals surface area contributed by atoms with E-state index in [9.17, 15) is 0 Å². The van der Waals surface area contributed by atoms with Gasteiger partial charge < -0.3 is 10.4 Å². The zero-order valence-electron chi connectivity index (χ0n) is 10.9. The summed E-state index contributed by atoms with van der Waals surface area (Å²) < 4.78 is 1.68. The lowest BCUT2D eigenvalue weighted by atomic mass is 10.3. The minimum atomic E-state index is 0.0436. The van der Waals surface area contributed by atoms with Gasteiger partial charge in [-0.05, 0) is 17.9 Å². The second-order valence-corrected chi connectivity index (χ2v) is 5.34. The van der Waals surface area contributed by atoms with Gasteiger partial charge >= 0.3 is 0 Å². The molecule has 0 aromatic carbocycles. The fourth-order valence-corrected chi connectivity index (χ4v) is 2.76. The molecule has 0 bridgehead atoms. The van der Waals surface area contributed by atoms with Crippen molar-refractivity contribution in [2.45, 2.75) is 13.0 Å². The van der Waals surface area contributed by atoms with Gasteiger partial charge in [-0.15, -0.1) is 11.3 Å². The number of nitrogens with one attached hydrogen (secondary N) is 1. The number of aromatic nitrogens is 4. The van der Waals surface area contributed by atoms with Crippen LogP contribution in [-0.4, -0.2) is 38.0 Å². The predicted molar refractivity (Wildman–Crippen MR) is 78.9 cm³/mol. The van der Waals surface area contributed by atoms with E-state index in [0.717, 1.165) is 29.8 Å². The van der Waals surface area contributed by atoms with Crippen molar-refractivity contribution >= 4 is 28.2 Å². The number of anilines is 1. The van der Waals surface area contributed by atoms with Crippen molar-refractivity contribution in [3.05, 3.63) is 34.9 Å². The molecule has 3 aromatic rings. The van der Waals surface area contributed by atoms with Gasteiger partial charge in [-0.2, -0.15) is 5.10 Å². The molecule has 2 N–H and O–H groups in total. The maximum absolute atomic E-state index is 9.00. The summed E-state index contributed by atoms with van der Waals surface area (Å²) >= 11 is 1.76. The van der Waals surface area contributed by atoms with E-state index < -0.39 is 0 Å². The molecule has 104 valence electrons. The molecule has 0 saturated heterocycles. The first-order valence-corrected chi connectivity index (χ1v) is 7.30. The van der Waals surface area contributed by atoms with E-state index in [2.05, 4.69) is 37.9 Å². The Morgan fingerprint density at radius 1 is 1.35 bits per heavy atom. The van der Waals surface area contributed by atoms with Crippen LogP contribution >= 0.6 is 11.3 Å². The summed E-state index contributed by atoms with van der Waals surface area (Å²) in [5, 5.41) is 19.5. The average Bonchev–Trinajstić information content (AvgIpc) is 3.10. The lowest BCUT2D eigenvalue weighted by Crippen LogP contribution is -2.07. The van der Waals surface area contributed by atoms with Gasteiger partial charge in [-0.3, -0.25) is 0 Å². The third-order valence-corrected chi connectivity index (χ3v) is 3.93. The molecule has 0 saturated carbocycles. The van der Waals surface area contributed by atoms with Crippen LogP contribution in [0.15, 0.2) is 30.0 Å². The van der Waals surface area contributed by atoms with Crippen molar-refractivity contribution in [2.75, 3.05) is 18.5 Å². The minimum Gasteiger partial charge on any atom is -0.394 e. The fourth-order valence-electron chi connectivity index (χ4n) is 2.05. The summed E-state index contributed by atoms with van der Waals surface area (Å²) in [7, 11) is 0. The molecule has 6 nitrogen and oxygen atoms in total. The Bertz CT molecular complexity index is 679. The fraction of sp³-hybridized carbons (Fsp3) is 0.308. The second kappa shape index (κ2) is 5.98. The lowest BCUT2D eigenvalue weighted by molar-refractivity contribution is 0.271. The van der Waals surface area contributed by atoms with Crippen molar-refractivity contribution in [1.82, 2.24) is 19.7 Å². The van der Waals surface area contributed by atoms with Gasteiger partial charge in [0.05, 0.1) is 24.7 Å². The van der Waals surface area contributed by atoms with E-state index in [1.54, 1.807) is 22.2 Å². The van der Waals surface area contributed by atoms with Crippen molar-refractivity contribution < 1.29 is 5.11 Å². The average molecular weight is 289 g/mol.